The molecule has 3 N–H and O–H groups in total. The summed E-state index contributed by atoms with van der Waals surface area (Å²) in [5.41, 5.74) is 6.16. The molecule has 0 saturated heterocycles. The van der Waals surface area contributed by atoms with Gasteiger partial charge in [0.1, 0.15) is 5.82 Å². The van der Waals surface area contributed by atoms with Gasteiger partial charge in [-0.05, 0) is 30.3 Å². The van der Waals surface area contributed by atoms with E-state index in [1.807, 2.05) is 0 Å². The van der Waals surface area contributed by atoms with Crippen LogP contribution >= 0.6 is 11.8 Å². The number of nitrogens with one attached hydrogen (secondary N) is 1. The lowest BCUT2D eigenvalue weighted by Crippen LogP contribution is -2.31. The van der Waals surface area contributed by atoms with Gasteiger partial charge < -0.3 is 5.73 Å². The highest BCUT2D eigenvalue weighted by atomic mass is 32.2. The third kappa shape index (κ3) is 4.32. The summed E-state index contributed by atoms with van der Waals surface area (Å²) in [6, 6.07) is 12.6. The van der Waals surface area contributed by atoms with Gasteiger partial charge in [0.2, 0.25) is 5.91 Å². The van der Waals surface area contributed by atoms with Crippen molar-refractivity contribution in [3.8, 4) is 0 Å². The number of thioether (sulfide) groups is 1. The van der Waals surface area contributed by atoms with Crippen molar-refractivity contribution >= 4 is 29.3 Å². The van der Waals surface area contributed by atoms with Crippen LogP contribution in [0.15, 0.2) is 53.4 Å². The number of nitrogens with two attached hydrogens (primary N) is 1. The fraction of sp³-hybridized carbons (Fsp3) is 0.0667. The van der Waals surface area contributed by atoms with E-state index in [1.54, 1.807) is 36.4 Å². The van der Waals surface area contributed by atoms with Gasteiger partial charge in [0.05, 0.1) is 5.75 Å². The molecule has 0 spiro atoms. The average molecular weight is 304 g/mol. The van der Waals surface area contributed by atoms with Gasteiger partial charge in [0, 0.05) is 16.1 Å². The number of hydrogen-bond donors (Lipinski definition) is 2. The van der Waals surface area contributed by atoms with Gasteiger partial charge in [0.15, 0.2) is 0 Å². The zero-order valence-electron chi connectivity index (χ0n) is 11.0. The second-order valence-electron chi connectivity index (χ2n) is 4.22. The largest absolute Gasteiger partial charge is 0.399 e. The summed E-state index contributed by atoms with van der Waals surface area (Å²) in [5.74, 6) is -1.49. The van der Waals surface area contributed by atoms with Crippen LogP contribution in [0.5, 0.6) is 0 Å². The molecule has 0 radical (unpaired) electrons. The fourth-order valence-corrected chi connectivity index (χ4v) is 2.32. The molecule has 0 aromatic heterocycles. The zero-order chi connectivity index (χ0) is 15.2. The molecule has 0 aliphatic carbocycles. The molecule has 0 bridgehead atoms. The van der Waals surface area contributed by atoms with Gasteiger partial charge in [-0.25, -0.2) is 4.39 Å². The summed E-state index contributed by atoms with van der Waals surface area (Å²) in [6.45, 7) is 0. The molecule has 2 amide bonds. The van der Waals surface area contributed by atoms with Crippen molar-refractivity contribution in [2.45, 2.75) is 4.90 Å². The summed E-state index contributed by atoms with van der Waals surface area (Å²) in [6.07, 6.45) is 0. The summed E-state index contributed by atoms with van der Waals surface area (Å²) in [5, 5.41) is 2.25. The van der Waals surface area contributed by atoms with Gasteiger partial charge in [0.25, 0.3) is 5.91 Å². The molecule has 6 heteroatoms. The molecular formula is C15H13FN2O2S. The topological polar surface area (TPSA) is 72.2 Å². The monoisotopic (exact) mass is 304 g/mol. The van der Waals surface area contributed by atoms with E-state index < -0.39 is 17.6 Å². The maximum absolute atomic E-state index is 13.5. The van der Waals surface area contributed by atoms with Crippen LogP contribution in [-0.4, -0.2) is 17.6 Å². The number of imide groups is 1. The Hall–Kier alpha value is -2.34. The first-order valence-corrected chi connectivity index (χ1v) is 7.12. The van der Waals surface area contributed by atoms with Gasteiger partial charge >= 0.3 is 0 Å². The molecular weight excluding hydrogens is 291 g/mol. The normalized spacial score (nSPS) is 10.1. The number of carbonyl (C=O) groups is 2. The molecule has 21 heavy (non-hydrogen) atoms. The molecule has 0 aliphatic rings. The fourth-order valence-electron chi connectivity index (χ4n) is 1.60. The van der Waals surface area contributed by atoms with Crippen LogP contribution in [0.4, 0.5) is 10.1 Å². The number of carbonyl (C=O) groups excluding carboxylic acids is 2. The molecule has 108 valence electrons. The Morgan fingerprint density at radius 3 is 2.52 bits per heavy atom. The third-order valence-corrected chi connectivity index (χ3v) is 3.65. The molecule has 2 aromatic carbocycles. The first-order chi connectivity index (χ1) is 10.1. The van der Waals surface area contributed by atoms with Crippen molar-refractivity contribution in [3.63, 3.8) is 0 Å². The number of benzene rings is 2. The van der Waals surface area contributed by atoms with E-state index in [1.165, 1.54) is 12.1 Å². The van der Waals surface area contributed by atoms with Crippen molar-refractivity contribution in [2.24, 2.45) is 0 Å². The van der Waals surface area contributed by atoms with E-state index in [0.29, 0.717) is 16.1 Å². The standard InChI is InChI=1S/C15H13FN2O2S/c16-12-8-11(17)6-7-13(12)21-9-14(19)18-15(20)10-4-2-1-3-5-10/h1-8H,9,17H2,(H,18,19,20). The number of hydrogen-bond acceptors (Lipinski definition) is 4. The maximum Gasteiger partial charge on any atom is 0.257 e. The van der Waals surface area contributed by atoms with Crippen molar-refractivity contribution in [2.75, 3.05) is 11.5 Å². The molecule has 0 unspecified atom stereocenters. The van der Waals surface area contributed by atoms with Crippen LogP contribution < -0.4 is 11.1 Å². The molecule has 2 aromatic rings. The maximum atomic E-state index is 13.5. The Balaban J connectivity index is 1.89. The van der Waals surface area contributed by atoms with Crippen molar-refractivity contribution in [3.05, 3.63) is 59.9 Å². The number of amides is 2. The number of rotatable bonds is 4. The molecule has 0 aliphatic heterocycles. The SMILES string of the molecule is Nc1ccc(SCC(=O)NC(=O)c2ccccc2)c(F)c1. The quantitative estimate of drug-likeness (QED) is 0.672. The highest BCUT2D eigenvalue weighted by Crippen LogP contribution is 2.23. The Bertz CT molecular complexity index is 662. The second kappa shape index (κ2) is 6.90. The molecule has 2 rings (SSSR count). The first-order valence-electron chi connectivity index (χ1n) is 6.13. The van der Waals surface area contributed by atoms with Crippen molar-refractivity contribution in [1.29, 1.82) is 0 Å². The minimum Gasteiger partial charge on any atom is -0.399 e. The lowest BCUT2D eigenvalue weighted by Gasteiger charge is -2.05. The van der Waals surface area contributed by atoms with Gasteiger partial charge in [-0.3, -0.25) is 14.9 Å². The Kier molecular flexibility index (Phi) is 4.94. The summed E-state index contributed by atoms with van der Waals surface area (Å²) in [4.78, 5) is 23.7. The minimum absolute atomic E-state index is 0.0561. The van der Waals surface area contributed by atoms with Crippen LogP contribution in [0.3, 0.4) is 0 Å². The highest BCUT2D eigenvalue weighted by Gasteiger charge is 2.11. The predicted octanol–water partition coefficient (Wildman–Crippen LogP) is 2.46. The minimum atomic E-state index is -0.484. The van der Waals surface area contributed by atoms with E-state index in [2.05, 4.69) is 5.32 Å². The Labute approximate surface area is 125 Å². The van der Waals surface area contributed by atoms with Crippen LogP contribution in [0.25, 0.3) is 0 Å². The van der Waals surface area contributed by atoms with Gasteiger partial charge in [-0.15, -0.1) is 11.8 Å². The molecule has 0 saturated carbocycles. The molecule has 0 heterocycles. The first kappa shape index (κ1) is 15.1. The number of halogens is 1. The average Bonchev–Trinajstić information content (AvgIpc) is 2.47. The van der Waals surface area contributed by atoms with E-state index in [0.717, 1.165) is 11.8 Å². The van der Waals surface area contributed by atoms with E-state index in [-0.39, 0.29) is 5.75 Å². The van der Waals surface area contributed by atoms with Crippen LogP contribution in [0.1, 0.15) is 10.4 Å². The highest BCUT2D eigenvalue weighted by molar-refractivity contribution is 8.00. The third-order valence-electron chi connectivity index (χ3n) is 2.60. The van der Waals surface area contributed by atoms with Crippen LogP contribution in [0, 0.1) is 5.82 Å². The Morgan fingerprint density at radius 1 is 1.14 bits per heavy atom. The van der Waals surface area contributed by atoms with Crippen molar-refractivity contribution < 1.29 is 14.0 Å². The van der Waals surface area contributed by atoms with Gasteiger partial charge in [-0.1, -0.05) is 18.2 Å². The van der Waals surface area contributed by atoms with E-state index in [9.17, 15) is 14.0 Å². The molecule has 0 fully saturated rings. The predicted molar refractivity (Wildman–Crippen MR) is 80.5 cm³/mol. The molecule has 4 nitrogen and oxygen atoms in total. The summed E-state index contributed by atoms with van der Waals surface area (Å²) < 4.78 is 13.5. The number of nitrogen functional groups attached to an aromatic ring is 1. The molecule has 0 atom stereocenters. The van der Waals surface area contributed by atoms with Crippen LogP contribution in [0.2, 0.25) is 0 Å². The van der Waals surface area contributed by atoms with E-state index >= 15 is 0 Å². The van der Waals surface area contributed by atoms with Crippen molar-refractivity contribution in [1.82, 2.24) is 5.32 Å². The van der Waals surface area contributed by atoms with Crippen LogP contribution in [-0.2, 0) is 4.79 Å². The lowest BCUT2D eigenvalue weighted by atomic mass is 10.2. The zero-order valence-corrected chi connectivity index (χ0v) is 11.8. The van der Waals surface area contributed by atoms with E-state index in [4.69, 9.17) is 5.73 Å². The lowest BCUT2D eigenvalue weighted by molar-refractivity contribution is -0.117. The second-order valence-corrected chi connectivity index (χ2v) is 5.24. The van der Waals surface area contributed by atoms with Gasteiger partial charge in [-0.2, -0.15) is 0 Å². The smallest absolute Gasteiger partial charge is 0.257 e. The Morgan fingerprint density at radius 2 is 1.86 bits per heavy atom. The summed E-state index contributed by atoms with van der Waals surface area (Å²) in [7, 11) is 0. The summed E-state index contributed by atoms with van der Waals surface area (Å²) >= 11 is 1.01. The number of anilines is 1.